The van der Waals surface area contributed by atoms with Gasteiger partial charge in [0.25, 0.3) is 11.6 Å². The summed E-state index contributed by atoms with van der Waals surface area (Å²) in [7, 11) is 1.49. The molecule has 9 heteroatoms. The molecule has 28 heavy (non-hydrogen) atoms. The minimum Gasteiger partial charge on any atom is -0.497 e. The van der Waals surface area contributed by atoms with E-state index in [4.69, 9.17) is 4.74 Å². The fourth-order valence-corrected chi connectivity index (χ4v) is 2.64. The number of rotatable bonds is 5. The molecule has 3 aromatic rings. The summed E-state index contributed by atoms with van der Waals surface area (Å²) in [5, 5.41) is 18.0. The molecule has 9 nitrogen and oxygen atoms in total. The molecule has 1 amide bonds. The van der Waals surface area contributed by atoms with Crippen LogP contribution in [0, 0.1) is 17.0 Å². The summed E-state index contributed by atoms with van der Waals surface area (Å²) in [6, 6.07) is 13.8. The fourth-order valence-electron chi connectivity index (χ4n) is 2.64. The van der Waals surface area contributed by atoms with Gasteiger partial charge in [0, 0.05) is 29.6 Å². The predicted molar refractivity (Wildman–Crippen MR) is 102 cm³/mol. The second-order valence-electron chi connectivity index (χ2n) is 5.84. The van der Waals surface area contributed by atoms with Gasteiger partial charge in [0.2, 0.25) is 5.43 Å². The third kappa shape index (κ3) is 3.73. The van der Waals surface area contributed by atoms with Crippen molar-refractivity contribution in [1.82, 2.24) is 9.78 Å². The number of nitro benzene ring substituents is 1. The number of nitrogens with zero attached hydrogens (tertiary/aromatic N) is 3. The van der Waals surface area contributed by atoms with Crippen molar-refractivity contribution in [2.24, 2.45) is 0 Å². The Kier molecular flexibility index (Phi) is 5.16. The second kappa shape index (κ2) is 7.70. The summed E-state index contributed by atoms with van der Waals surface area (Å²) in [5.74, 6) is -0.197. The van der Waals surface area contributed by atoms with Crippen LogP contribution in [0.1, 0.15) is 16.2 Å². The maximum absolute atomic E-state index is 12.6. The van der Waals surface area contributed by atoms with Gasteiger partial charge in [-0.2, -0.15) is 5.10 Å². The highest BCUT2D eigenvalue weighted by molar-refractivity contribution is 6.02. The van der Waals surface area contributed by atoms with Crippen LogP contribution >= 0.6 is 0 Å². The van der Waals surface area contributed by atoms with Crippen LogP contribution in [0.25, 0.3) is 5.69 Å². The van der Waals surface area contributed by atoms with E-state index in [1.165, 1.54) is 36.1 Å². The third-order valence-corrected chi connectivity index (χ3v) is 3.96. The Morgan fingerprint density at radius 1 is 1.18 bits per heavy atom. The van der Waals surface area contributed by atoms with Crippen LogP contribution in [-0.4, -0.2) is 27.7 Å². The smallest absolute Gasteiger partial charge is 0.294 e. The Morgan fingerprint density at radius 3 is 2.64 bits per heavy atom. The normalized spacial score (nSPS) is 10.4. The first-order valence-electron chi connectivity index (χ1n) is 8.21. The number of nitrogens with one attached hydrogen (secondary N) is 1. The first-order chi connectivity index (χ1) is 13.4. The minimum absolute atomic E-state index is 0.153. The van der Waals surface area contributed by atoms with Crippen molar-refractivity contribution in [2.75, 3.05) is 12.4 Å². The zero-order valence-electron chi connectivity index (χ0n) is 15.1. The highest BCUT2D eigenvalue weighted by atomic mass is 16.6. The van der Waals surface area contributed by atoms with E-state index in [2.05, 4.69) is 10.4 Å². The average Bonchev–Trinajstić information content (AvgIpc) is 2.68. The van der Waals surface area contributed by atoms with Crippen LogP contribution in [-0.2, 0) is 0 Å². The molecular formula is C19H16N4O5. The molecule has 0 aliphatic rings. The Balaban J connectivity index is 2.04. The van der Waals surface area contributed by atoms with Gasteiger partial charge in [-0.25, -0.2) is 4.68 Å². The molecule has 1 aromatic heterocycles. The molecule has 0 spiro atoms. The number of methoxy groups -OCH3 is 1. The van der Waals surface area contributed by atoms with Crippen LogP contribution in [0.5, 0.6) is 5.75 Å². The van der Waals surface area contributed by atoms with E-state index >= 15 is 0 Å². The van der Waals surface area contributed by atoms with Crippen molar-refractivity contribution < 1.29 is 14.5 Å². The highest BCUT2D eigenvalue weighted by Crippen LogP contribution is 2.22. The molecule has 0 atom stereocenters. The Bertz CT molecular complexity index is 1120. The standard InChI is InChI=1S/C19H16N4O5/c1-12-10-17(24)18(19(25)20-13-6-5-7-14(11-13)28-2)21-22(12)15-8-3-4-9-16(15)23(26)27/h3-11H,1-2H3,(H,20,25). The van der Waals surface area contributed by atoms with Gasteiger partial charge in [-0.15, -0.1) is 0 Å². The van der Waals surface area contributed by atoms with Crippen LogP contribution in [0.3, 0.4) is 0 Å². The molecule has 0 aliphatic carbocycles. The molecule has 0 saturated carbocycles. The van der Waals surface area contributed by atoms with Crippen LogP contribution < -0.4 is 15.5 Å². The molecule has 0 radical (unpaired) electrons. The van der Waals surface area contributed by atoms with Gasteiger partial charge in [0.1, 0.15) is 11.4 Å². The van der Waals surface area contributed by atoms with Crippen LogP contribution in [0.2, 0.25) is 0 Å². The lowest BCUT2D eigenvalue weighted by molar-refractivity contribution is -0.384. The number of carbonyl (C=O) groups is 1. The minimum atomic E-state index is -0.731. The topological polar surface area (TPSA) is 116 Å². The number of amides is 1. The molecule has 1 heterocycles. The van der Waals surface area contributed by atoms with E-state index in [9.17, 15) is 19.7 Å². The summed E-state index contributed by atoms with van der Waals surface area (Å²) >= 11 is 0. The number of nitro groups is 1. The number of hydrogen-bond donors (Lipinski definition) is 1. The first-order valence-corrected chi connectivity index (χ1v) is 8.21. The van der Waals surface area contributed by atoms with Crippen LogP contribution in [0.4, 0.5) is 11.4 Å². The van der Waals surface area contributed by atoms with Crippen molar-refractivity contribution in [1.29, 1.82) is 0 Å². The maximum Gasteiger partial charge on any atom is 0.294 e. The van der Waals surface area contributed by atoms with E-state index in [0.29, 0.717) is 17.1 Å². The molecular weight excluding hydrogens is 364 g/mol. The zero-order chi connectivity index (χ0) is 20.3. The molecule has 2 aromatic carbocycles. The fraction of sp³-hybridized carbons (Fsp3) is 0.105. The van der Waals surface area contributed by atoms with Gasteiger partial charge in [0.15, 0.2) is 5.69 Å². The van der Waals surface area contributed by atoms with Gasteiger partial charge < -0.3 is 10.1 Å². The van der Waals surface area contributed by atoms with E-state index in [1.54, 1.807) is 37.3 Å². The molecule has 1 N–H and O–H groups in total. The van der Waals surface area contributed by atoms with Gasteiger partial charge in [-0.3, -0.25) is 19.7 Å². The SMILES string of the molecule is COc1cccc(NC(=O)c2nn(-c3ccccc3[N+](=O)[O-])c(C)cc2=O)c1. The maximum atomic E-state index is 12.6. The summed E-state index contributed by atoms with van der Waals surface area (Å²) in [6.45, 7) is 1.58. The van der Waals surface area contributed by atoms with Gasteiger partial charge in [0.05, 0.1) is 12.0 Å². The second-order valence-corrected chi connectivity index (χ2v) is 5.84. The summed E-state index contributed by atoms with van der Waals surface area (Å²) < 4.78 is 6.31. The number of anilines is 1. The van der Waals surface area contributed by atoms with Crippen molar-refractivity contribution in [3.05, 3.63) is 86.3 Å². The van der Waals surface area contributed by atoms with Crippen molar-refractivity contribution >= 4 is 17.3 Å². The predicted octanol–water partition coefficient (Wildman–Crippen LogP) is 2.71. The number of carbonyl (C=O) groups excluding carboxylic acids is 1. The molecule has 0 saturated heterocycles. The van der Waals surface area contributed by atoms with Gasteiger partial charge in [-0.1, -0.05) is 18.2 Å². The lowest BCUT2D eigenvalue weighted by Gasteiger charge is -2.12. The number of aryl methyl sites for hydroxylation is 1. The van der Waals surface area contributed by atoms with E-state index in [-0.39, 0.29) is 17.1 Å². The highest BCUT2D eigenvalue weighted by Gasteiger charge is 2.20. The molecule has 3 rings (SSSR count). The van der Waals surface area contributed by atoms with Crippen LogP contribution in [0.15, 0.2) is 59.4 Å². The summed E-state index contributed by atoms with van der Waals surface area (Å²) in [4.78, 5) is 35.6. The van der Waals surface area contributed by atoms with Crippen molar-refractivity contribution in [3.8, 4) is 11.4 Å². The monoisotopic (exact) mass is 380 g/mol. The Morgan fingerprint density at radius 2 is 1.93 bits per heavy atom. The molecule has 0 unspecified atom stereocenters. The Labute approximate surface area is 159 Å². The number of aromatic nitrogens is 2. The molecule has 0 aliphatic heterocycles. The quantitative estimate of drug-likeness (QED) is 0.537. The number of hydrogen-bond acceptors (Lipinski definition) is 6. The number of benzene rings is 2. The molecule has 0 bridgehead atoms. The van der Waals surface area contributed by atoms with Gasteiger partial charge in [-0.05, 0) is 25.1 Å². The zero-order valence-corrected chi connectivity index (χ0v) is 15.1. The number of para-hydroxylation sites is 2. The summed E-state index contributed by atoms with van der Waals surface area (Å²) in [5.41, 5.74) is -0.235. The van der Waals surface area contributed by atoms with Crippen molar-refractivity contribution in [3.63, 3.8) is 0 Å². The lowest BCUT2D eigenvalue weighted by atomic mass is 10.2. The van der Waals surface area contributed by atoms with Gasteiger partial charge >= 0.3 is 0 Å². The third-order valence-electron chi connectivity index (χ3n) is 3.96. The van der Waals surface area contributed by atoms with E-state index in [1.807, 2.05) is 0 Å². The average molecular weight is 380 g/mol. The Hall–Kier alpha value is -4.01. The van der Waals surface area contributed by atoms with E-state index in [0.717, 1.165) is 0 Å². The van der Waals surface area contributed by atoms with Crippen molar-refractivity contribution in [2.45, 2.75) is 6.92 Å². The lowest BCUT2D eigenvalue weighted by Crippen LogP contribution is -2.27. The largest absolute Gasteiger partial charge is 0.497 e. The molecule has 142 valence electrons. The molecule has 0 fully saturated rings. The van der Waals surface area contributed by atoms with E-state index < -0.39 is 16.3 Å². The number of ether oxygens (including phenoxy) is 1. The summed E-state index contributed by atoms with van der Waals surface area (Å²) in [6.07, 6.45) is 0. The first kappa shape index (κ1) is 18.8.